The number of nitrogens with zero attached hydrogens (tertiary/aromatic N) is 3. The number of ether oxygens (including phenoxy) is 1. The lowest BCUT2D eigenvalue weighted by Gasteiger charge is -2.26. The van der Waals surface area contributed by atoms with E-state index in [9.17, 15) is 18.0 Å². The van der Waals surface area contributed by atoms with Crippen LogP contribution < -0.4 is 10.6 Å². The Bertz CT molecular complexity index is 772. The largest absolute Gasteiger partial charge is 0.416 e. The number of benzene rings is 1. The Morgan fingerprint density at radius 1 is 1.26 bits per heavy atom. The quantitative estimate of drug-likeness (QED) is 0.832. The van der Waals surface area contributed by atoms with Crippen molar-refractivity contribution in [2.24, 2.45) is 0 Å². The fourth-order valence-electron chi connectivity index (χ4n) is 2.68. The molecule has 0 spiro atoms. The minimum Gasteiger partial charge on any atom is -0.379 e. The van der Waals surface area contributed by atoms with Crippen LogP contribution in [0.5, 0.6) is 0 Å². The van der Waals surface area contributed by atoms with Crippen LogP contribution in [0, 0.1) is 0 Å². The van der Waals surface area contributed by atoms with E-state index in [0.29, 0.717) is 25.4 Å². The molecule has 1 saturated heterocycles. The Labute approximate surface area is 154 Å². The second-order valence-electron chi connectivity index (χ2n) is 6.06. The zero-order valence-corrected chi connectivity index (χ0v) is 14.5. The molecule has 1 aliphatic rings. The number of amides is 2. The molecule has 27 heavy (non-hydrogen) atoms. The summed E-state index contributed by atoms with van der Waals surface area (Å²) >= 11 is 0. The van der Waals surface area contributed by atoms with Crippen LogP contribution in [0.4, 0.5) is 23.7 Å². The van der Waals surface area contributed by atoms with Gasteiger partial charge in [-0.3, -0.25) is 4.90 Å². The van der Waals surface area contributed by atoms with Crippen molar-refractivity contribution in [3.05, 3.63) is 42.2 Å². The van der Waals surface area contributed by atoms with Crippen molar-refractivity contribution in [1.29, 1.82) is 0 Å². The third-order valence-electron chi connectivity index (χ3n) is 4.10. The van der Waals surface area contributed by atoms with E-state index < -0.39 is 17.8 Å². The highest BCUT2D eigenvalue weighted by Gasteiger charge is 2.30. The second kappa shape index (κ2) is 8.40. The number of anilines is 1. The minimum atomic E-state index is -4.43. The number of aromatic nitrogens is 2. The van der Waals surface area contributed by atoms with Gasteiger partial charge in [-0.25, -0.2) is 9.48 Å². The number of halogens is 3. The monoisotopic (exact) mass is 383 g/mol. The molecule has 1 aliphatic heterocycles. The molecule has 3 rings (SSSR count). The third kappa shape index (κ3) is 5.44. The predicted molar refractivity (Wildman–Crippen MR) is 92.8 cm³/mol. The van der Waals surface area contributed by atoms with Gasteiger partial charge in [-0.2, -0.15) is 18.3 Å². The first-order valence-electron chi connectivity index (χ1n) is 8.49. The smallest absolute Gasteiger partial charge is 0.379 e. The molecule has 1 fully saturated rings. The topological polar surface area (TPSA) is 71.4 Å². The van der Waals surface area contributed by atoms with E-state index >= 15 is 0 Å². The standard InChI is InChI=1S/C17H20F3N5O2/c18-17(19,20)13-2-1-3-15(10-13)25-12-14(11-22-25)23-16(26)21-4-5-24-6-8-27-9-7-24/h1-3,10-12H,4-9H2,(H2,21,23,26). The molecule has 0 unspecified atom stereocenters. The first-order valence-corrected chi connectivity index (χ1v) is 8.49. The first kappa shape index (κ1) is 19.2. The molecule has 146 valence electrons. The Hall–Kier alpha value is -2.59. The van der Waals surface area contributed by atoms with Gasteiger partial charge in [0, 0.05) is 26.2 Å². The molecule has 2 heterocycles. The van der Waals surface area contributed by atoms with Crippen LogP contribution in [0.2, 0.25) is 0 Å². The van der Waals surface area contributed by atoms with Crippen molar-refractivity contribution in [2.75, 3.05) is 44.7 Å². The first-order chi connectivity index (χ1) is 12.9. The van der Waals surface area contributed by atoms with Crippen molar-refractivity contribution in [3.63, 3.8) is 0 Å². The number of hydrogen-bond acceptors (Lipinski definition) is 4. The minimum absolute atomic E-state index is 0.255. The number of nitrogens with one attached hydrogen (secondary N) is 2. The summed E-state index contributed by atoms with van der Waals surface area (Å²) in [6.45, 7) is 4.27. The van der Waals surface area contributed by atoms with E-state index in [0.717, 1.165) is 31.8 Å². The molecule has 0 saturated carbocycles. The normalized spacial score (nSPS) is 15.5. The third-order valence-corrected chi connectivity index (χ3v) is 4.10. The fraction of sp³-hybridized carbons (Fsp3) is 0.412. The Kier molecular flexibility index (Phi) is 5.97. The molecule has 0 bridgehead atoms. The van der Waals surface area contributed by atoms with Gasteiger partial charge in [0.2, 0.25) is 0 Å². The van der Waals surface area contributed by atoms with Gasteiger partial charge < -0.3 is 15.4 Å². The molecule has 0 aliphatic carbocycles. The second-order valence-corrected chi connectivity index (χ2v) is 6.06. The molecular weight excluding hydrogens is 363 g/mol. The van der Waals surface area contributed by atoms with Crippen molar-refractivity contribution >= 4 is 11.7 Å². The lowest BCUT2D eigenvalue weighted by Crippen LogP contribution is -2.42. The number of hydrogen-bond donors (Lipinski definition) is 2. The van der Waals surface area contributed by atoms with Gasteiger partial charge in [-0.15, -0.1) is 0 Å². The van der Waals surface area contributed by atoms with Gasteiger partial charge in [0.1, 0.15) is 0 Å². The van der Waals surface area contributed by atoms with E-state index in [2.05, 4.69) is 20.6 Å². The SMILES string of the molecule is O=C(NCCN1CCOCC1)Nc1cnn(-c2cccc(C(F)(F)F)c2)c1. The zero-order valence-electron chi connectivity index (χ0n) is 14.5. The summed E-state index contributed by atoms with van der Waals surface area (Å²) < 4.78 is 45.0. The van der Waals surface area contributed by atoms with Crippen LogP contribution >= 0.6 is 0 Å². The summed E-state index contributed by atoms with van der Waals surface area (Å²) in [6.07, 6.45) is -1.59. The van der Waals surface area contributed by atoms with Crippen LogP contribution in [0.15, 0.2) is 36.7 Å². The summed E-state index contributed by atoms with van der Waals surface area (Å²) in [5.74, 6) is 0. The van der Waals surface area contributed by atoms with Crippen molar-refractivity contribution < 1.29 is 22.7 Å². The Morgan fingerprint density at radius 3 is 2.78 bits per heavy atom. The fourth-order valence-corrected chi connectivity index (χ4v) is 2.68. The van der Waals surface area contributed by atoms with Gasteiger partial charge in [0.25, 0.3) is 0 Å². The molecule has 1 aromatic carbocycles. The molecule has 7 nitrogen and oxygen atoms in total. The van der Waals surface area contributed by atoms with E-state index in [1.807, 2.05) is 0 Å². The molecule has 2 aromatic rings. The molecular formula is C17H20F3N5O2. The van der Waals surface area contributed by atoms with Crippen LogP contribution in [0.1, 0.15) is 5.56 Å². The van der Waals surface area contributed by atoms with Gasteiger partial charge in [-0.05, 0) is 18.2 Å². The number of carbonyl (C=O) groups is 1. The van der Waals surface area contributed by atoms with Crippen LogP contribution in [0.3, 0.4) is 0 Å². The van der Waals surface area contributed by atoms with Crippen molar-refractivity contribution in [2.45, 2.75) is 6.18 Å². The zero-order chi connectivity index (χ0) is 19.3. The van der Waals surface area contributed by atoms with E-state index in [1.54, 1.807) is 0 Å². The van der Waals surface area contributed by atoms with Crippen LogP contribution in [-0.4, -0.2) is 60.1 Å². The van der Waals surface area contributed by atoms with E-state index in [4.69, 9.17) is 4.74 Å². The Balaban J connectivity index is 1.52. The maximum Gasteiger partial charge on any atom is 0.416 e. The van der Waals surface area contributed by atoms with Crippen LogP contribution in [0.25, 0.3) is 5.69 Å². The van der Waals surface area contributed by atoms with Gasteiger partial charge >= 0.3 is 12.2 Å². The van der Waals surface area contributed by atoms with E-state index in [-0.39, 0.29) is 5.69 Å². The maximum absolute atomic E-state index is 12.8. The lowest BCUT2D eigenvalue weighted by atomic mass is 10.2. The summed E-state index contributed by atoms with van der Waals surface area (Å²) in [5, 5.41) is 9.36. The van der Waals surface area contributed by atoms with Crippen LogP contribution in [-0.2, 0) is 10.9 Å². The predicted octanol–water partition coefficient (Wildman–Crippen LogP) is 2.34. The number of alkyl halides is 3. The highest BCUT2D eigenvalue weighted by molar-refractivity contribution is 5.88. The van der Waals surface area contributed by atoms with E-state index in [1.165, 1.54) is 29.2 Å². The summed E-state index contributed by atoms with van der Waals surface area (Å²) in [5.41, 5.74) is -0.118. The Morgan fingerprint density at radius 2 is 2.04 bits per heavy atom. The number of carbonyl (C=O) groups excluding carboxylic acids is 1. The molecule has 1 aromatic heterocycles. The summed E-state index contributed by atoms with van der Waals surface area (Å²) in [7, 11) is 0. The number of rotatable bonds is 5. The average molecular weight is 383 g/mol. The van der Waals surface area contributed by atoms with Crippen molar-refractivity contribution in [1.82, 2.24) is 20.0 Å². The summed E-state index contributed by atoms with van der Waals surface area (Å²) in [4.78, 5) is 14.1. The van der Waals surface area contributed by atoms with Crippen molar-refractivity contribution in [3.8, 4) is 5.69 Å². The average Bonchev–Trinajstić information content (AvgIpc) is 3.10. The van der Waals surface area contributed by atoms with Gasteiger partial charge in [0.15, 0.2) is 0 Å². The molecule has 2 amide bonds. The maximum atomic E-state index is 12.8. The molecule has 2 N–H and O–H groups in total. The summed E-state index contributed by atoms with van der Waals surface area (Å²) in [6, 6.07) is 4.42. The molecule has 0 atom stereocenters. The van der Waals surface area contributed by atoms with Gasteiger partial charge in [0.05, 0.1) is 42.5 Å². The molecule has 0 radical (unpaired) electrons. The highest BCUT2D eigenvalue weighted by atomic mass is 19.4. The lowest BCUT2D eigenvalue weighted by molar-refractivity contribution is -0.137. The number of urea groups is 1. The molecule has 10 heteroatoms. The number of morpholine rings is 1. The van der Waals surface area contributed by atoms with Gasteiger partial charge in [-0.1, -0.05) is 6.07 Å². The highest BCUT2D eigenvalue weighted by Crippen LogP contribution is 2.30.